The summed E-state index contributed by atoms with van der Waals surface area (Å²) < 4.78 is 5.83. The van der Waals surface area contributed by atoms with Crippen LogP contribution in [-0.2, 0) is 9.53 Å². The Kier molecular flexibility index (Phi) is 10.1. The molecule has 0 aromatic carbocycles. The molecule has 1 aliphatic carbocycles. The smallest absolute Gasteiger partial charge is 0.306 e. The van der Waals surface area contributed by atoms with Gasteiger partial charge in [0.25, 0.3) is 0 Å². The van der Waals surface area contributed by atoms with E-state index in [0.29, 0.717) is 24.2 Å². The van der Waals surface area contributed by atoms with E-state index in [1.165, 1.54) is 32.1 Å². The predicted octanol–water partition coefficient (Wildman–Crippen LogP) is 5.74. The van der Waals surface area contributed by atoms with E-state index in [0.717, 1.165) is 32.1 Å². The largest absolute Gasteiger partial charge is 0.462 e. The number of carbonyl (C=O) groups excluding carboxylic acids is 1. The van der Waals surface area contributed by atoms with Crippen molar-refractivity contribution in [1.29, 1.82) is 0 Å². The number of hydrogen-bond acceptors (Lipinski definition) is 2. The van der Waals surface area contributed by atoms with Crippen molar-refractivity contribution < 1.29 is 9.53 Å². The van der Waals surface area contributed by atoms with Gasteiger partial charge in [0.05, 0.1) is 0 Å². The molecule has 23 heavy (non-hydrogen) atoms. The lowest BCUT2D eigenvalue weighted by Crippen LogP contribution is -2.35. The zero-order chi connectivity index (χ0) is 17.1. The molecular formula is C21H36O2. The third-order valence-corrected chi connectivity index (χ3v) is 5.20. The van der Waals surface area contributed by atoms with E-state index in [4.69, 9.17) is 11.2 Å². The SMILES string of the molecule is C#CCCCCCCCCC(=O)O[C@@H]1C[C@H](C)CC[C@H]1C(C)C. The van der Waals surface area contributed by atoms with Crippen LogP contribution < -0.4 is 0 Å². The third kappa shape index (κ3) is 8.45. The maximum atomic E-state index is 12.1. The fourth-order valence-electron chi connectivity index (χ4n) is 3.68. The second-order valence-electron chi connectivity index (χ2n) is 7.68. The molecule has 0 bridgehead atoms. The van der Waals surface area contributed by atoms with Crippen LogP contribution in [0.1, 0.15) is 91.4 Å². The minimum Gasteiger partial charge on any atom is -0.462 e. The van der Waals surface area contributed by atoms with Crippen LogP contribution in [0.2, 0.25) is 0 Å². The van der Waals surface area contributed by atoms with Crippen molar-refractivity contribution in [3.8, 4) is 12.3 Å². The molecule has 0 aromatic rings. The van der Waals surface area contributed by atoms with E-state index in [-0.39, 0.29) is 12.1 Å². The molecule has 0 spiro atoms. The van der Waals surface area contributed by atoms with E-state index < -0.39 is 0 Å². The fraction of sp³-hybridized carbons (Fsp3) is 0.857. The highest BCUT2D eigenvalue weighted by Gasteiger charge is 2.33. The van der Waals surface area contributed by atoms with Crippen molar-refractivity contribution in [2.24, 2.45) is 17.8 Å². The van der Waals surface area contributed by atoms with Crippen LogP contribution in [0.4, 0.5) is 0 Å². The van der Waals surface area contributed by atoms with Crippen molar-refractivity contribution in [2.75, 3.05) is 0 Å². The van der Waals surface area contributed by atoms with Crippen LogP contribution in [0.3, 0.4) is 0 Å². The summed E-state index contributed by atoms with van der Waals surface area (Å²) in [4.78, 5) is 12.1. The molecule has 2 heteroatoms. The Balaban J connectivity index is 2.15. The van der Waals surface area contributed by atoms with E-state index in [1.807, 2.05) is 0 Å². The minimum atomic E-state index is 0.0158. The summed E-state index contributed by atoms with van der Waals surface area (Å²) in [6.45, 7) is 6.78. The van der Waals surface area contributed by atoms with Gasteiger partial charge in [-0.3, -0.25) is 4.79 Å². The molecule has 3 atom stereocenters. The zero-order valence-corrected chi connectivity index (χ0v) is 15.5. The number of terminal acetylenes is 1. The first kappa shape index (κ1) is 20.1. The van der Waals surface area contributed by atoms with Gasteiger partial charge in [0, 0.05) is 12.8 Å². The van der Waals surface area contributed by atoms with Crippen molar-refractivity contribution >= 4 is 5.97 Å². The molecule has 0 heterocycles. The summed E-state index contributed by atoms with van der Waals surface area (Å²) in [5.41, 5.74) is 0. The molecular weight excluding hydrogens is 284 g/mol. The van der Waals surface area contributed by atoms with Gasteiger partial charge in [-0.05, 0) is 43.4 Å². The van der Waals surface area contributed by atoms with Gasteiger partial charge in [-0.1, -0.05) is 52.9 Å². The fourth-order valence-corrected chi connectivity index (χ4v) is 3.68. The van der Waals surface area contributed by atoms with Crippen LogP contribution in [0.25, 0.3) is 0 Å². The predicted molar refractivity (Wildman–Crippen MR) is 97.0 cm³/mol. The molecule has 0 radical (unpaired) electrons. The Bertz CT molecular complexity index is 367. The van der Waals surface area contributed by atoms with Crippen molar-refractivity contribution in [3.05, 3.63) is 0 Å². The average molecular weight is 321 g/mol. The standard InChI is InChI=1S/C21H36O2/c1-5-6-7-8-9-10-11-12-13-21(22)23-20-16-18(4)14-15-19(20)17(2)3/h1,17-20H,6-16H2,2-4H3/t18-,19+,20-/m1/s1. The minimum absolute atomic E-state index is 0.0158. The third-order valence-electron chi connectivity index (χ3n) is 5.20. The Hall–Kier alpha value is -0.970. The number of hydrogen-bond donors (Lipinski definition) is 0. The van der Waals surface area contributed by atoms with Gasteiger partial charge in [-0.25, -0.2) is 0 Å². The first-order chi connectivity index (χ1) is 11.0. The Morgan fingerprint density at radius 3 is 2.43 bits per heavy atom. The molecule has 1 saturated carbocycles. The molecule has 0 unspecified atom stereocenters. The Morgan fingerprint density at radius 1 is 1.13 bits per heavy atom. The molecule has 0 saturated heterocycles. The second-order valence-corrected chi connectivity index (χ2v) is 7.68. The van der Waals surface area contributed by atoms with Gasteiger partial charge in [0.2, 0.25) is 0 Å². The van der Waals surface area contributed by atoms with Gasteiger partial charge < -0.3 is 4.74 Å². The van der Waals surface area contributed by atoms with E-state index in [1.54, 1.807) is 0 Å². The number of rotatable bonds is 10. The maximum Gasteiger partial charge on any atom is 0.306 e. The normalized spacial score (nSPS) is 24.4. The lowest BCUT2D eigenvalue weighted by Gasteiger charge is -2.36. The maximum absolute atomic E-state index is 12.1. The molecule has 132 valence electrons. The summed E-state index contributed by atoms with van der Waals surface area (Å²) in [6.07, 6.45) is 17.2. The lowest BCUT2D eigenvalue weighted by atomic mass is 9.75. The van der Waals surface area contributed by atoms with E-state index in [2.05, 4.69) is 26.7 Å². The lowest BCUT2D eigenvalue weighted by molar-refractivity contribution is -0.156. The summed E-state index contributed by atoms with van der Waals surface area (Å²) in [5, 5.41) is 0. The summed E-state index contributed by atoms with van der Waals surface area (Å²) in [7, 11) is 0. The van der Waals surface area contributed by atoms with E-state index >= 15 is 0 Å². The van der Waals surface area contributed by atoms with E-state index in [9.17, 15) is 4.79 Å². The number of esters is 1. The first-order valence-corrected chi connectivity index (χ1v) is 9.67. The quantitative estimate of drug-likeness (QED) is 0.291. The van der Waals surface area contributed by atoms with Crippen LogP contribution in [-0.4, -0.2) is 12.1 Å². The van der Waals surface area contributed by atoms with Gasteiger partial charge >= 0.3 is 5.97 Å². The summed E-state index contributed by atoms with van der Waals surface area (Å²) in [6, 6.07) is 0. The average Bonchev–Trinajstić information content (AvgIpc) is 2.49. The number of ether oxygens (including phenoxy) is 1. The monoisotopic (exact) mass is 320 g/mol. The molecule has 0 N–H and O–H groups in total. The Labute approximate surface area is 143 Å². The van der Waals surface area contributed by atoms with Crippen LogP contribution in [0.5, 0.6) is 0 Å². The Morgan fingerprint density at radius 2 is 1.78 bits per heavy atom. The highest BCUT2D eigenvalue weighted by molar-refractivity contribution is 5.69. The van der Waals surface area contributed by atoms with Crippen molar-refractivity contribution in [1.82, 2.24) is 0 Å². The molecule has 0 amide bonds. The highest BCUT2D eigenvalue weighted by Crippen LogP contribution is 2.35. The van der Waals surface area contributed by atoms with Gasteiger partial charge in [-0.15, -0.1) is 12.3 Å². The summed E-state index contributed by atoms with van der Waals surface area (Å²) >= 11 is 0. The molecule has 1 rings (SSSR count). The molecule has 0 aromatic heterocycles. The zero-order valence-electron chi connectivity index (χ0n) is 15.5. The molecule has 1 aliphatic rings. The van der Waals surface area contributed by atoms with Crippen molar-refractivity contribution in [2.45, 2.75) is 97.5 Å². The van der Waals surface area contributed by atoms with Gasteiger partial charge in [0.1, 0.15) is 6.10 Å². The molecule has 1 fully saturated rings. The van der Waals surface area contributed by atoms with Gasteiger partial charge in [0.15, 0.2) is 0 Å². The van der Waals surface area contributed by atoms with Crippen LogP contribution >= 0.6 is 0 Å². The second kappa shape index (κ2) is 11.5. The summed E-state index contributed by atoms with van der Waals surface area (Å²) in [5.74, 6) is 4.53. The van der Waals surface area contributed by atoms with Crippen LogP contribution in [0.15, 0.2) is 0 Å². The van der Waals surface area contributed by atoms with Gasteiger partial charge in [-0.2, -0.15) is 0 Å². The number of carbonyl (C=O) groups is 1. The highest BCUT2D eigenvalue weighted by atomic mass is 16.5. The molecule has 0 aliphatic heterocycles. The first-order valence-electron chi connectivity index (χ1n) is 9.67. The topological polar surface area (TPSA) is 26.3 Å². The van der Waals surface area contributed by atoms with Crippen LogP contribution in [0, 0.1) is 30.1 Å². The molecule has 2 nitrogen and oxygen atoms in total. The van der Waals surface area contributed by atoms with Crippen molar-refractivity contribution in [3.63, 3.8) is 0 Å². The number of unbranched alkanes of at least 4 members (excludes halogenated alkanes) is 6.